The average Bonchev–Trinajstić information content (AvgIpc) is 3.29. The first kappa shape index (κ1) is 28.3. The molecule has 0 spiro atoms. The molecule has 0 bridgehead atoms. The van der Waals surface area contributed by atoms with E-state index >= 15 is 0 Å². The summed E-state index contributed by atoms with van der Waals surface area (Å²) in [5.41, 5.74) is 1.94. The molecule has 6 heteroatoms. The highest BCUT2D eigenvalue weighted by Gasteiger charge is 2.34. The molecule has 1 heterocycles. The minimum Gasteiger partial charge on any atom is -0.543 e. The first-order valence-electron chi connectivity index (χ1n) is 12.5. The number of hydrogen-bond acceptors (Lipinski definition) is 4. The molecule has 5 nitrogen and oxygen atoms in total. The summed E-state index contributed by atoms with van der Waals surface area (Å²) in [4.78, 5) is 10.7. The van der Waals surface area contributed by atoms with Crippen molar-refractivity contribution >= 4 is 13.2 Å². The molecule has 0 aliphatic carbocycles. The van der Waals surface area contributed by atoms with Gasteiger partial charge in [0.05, 0.1) is 36.3 Å². The summed E-state index contributed by atoms with van der Waals surface area (Å²) in [5.74, 6) is -1.33. The van der Waals surface area contributed by atoms with Gasteiger partial charge in [-0.15, -0.1) is 5.10 Å². The number of benzene rings is 1. The molecule has 180 valence electrons. The quantitative estimate of drug-likeness (QED) is 0.332. The molecule has 0 aliphatic heterocycles. The van der Waals surface area contributed by atoms with Crippen molar-refractivity contribution in [3.05, 3.63) is 35.5 Å². The molecule has 0 unspecified atom stereocenters. The van der Waals surface area contributed by atoms with E-state index in [1.54, 1.807) is 30.7 Å². The number of carboxylic acid groups (broad SMARTS) is 1. The van der Waals surface area contributed by atoms with Crippen LogP contribution in [0.2, 0.25) is 0 Å². The lowest BCUT2D eigenvalue weighted by molar-refractivity contribution is -0.255. The van der Waals surface area contributed by atoms with Crippen LogP contribution >= 0.6 is 7.26 Å². The van der Waals surface area contributed by atoms with E-state index in [4.69, 9.17) is 0 Å². The van der Waals surface area contributed by atoms with Crippen LogP contribution in [0.5, 0.6) is 0 Å². The number of rotatable bonds is 14. The minimum atomic E-state index is -1.33. The number of carbonyl (C=O) groups excluding carboxylic acids is 1. The third-order valence-corrected chi connectivity index (χ3v) is 11.2. The molecular weight excluding hydrogens is 417 g/mol. The molecular formula is C26H44N3O2P. The van der Waals surface area contributed by atoms with Crippen molar-refractivity contribution in [3.8, 4) is 11.3 Å². The lowest BCUT2D eigenvalue weighted by Crippen LogP contribution is -2.23. The van der Waals surface area contributed by atoms with E-state index in [1.807, 2.05) is 25.1 Å². The number of unbranched alkanes of at least 4 members (excludes halogenated alkanes) is 4. The number of nitrogens with zero attached hydrogens (tertiary/aromatic N) is 2. The van der Waals surface area contributed by atoms with Gasteiger partial charge in [-0.2, -0.15) is 0 Å². The van der Waals surface area contributed by atoms with Gasteiger partial charge in [0.25, 0.3) is 0 Å². The molecule has 1 aromatic heterocycles. The third kappa shape index (κ3) is 9.40. The number of aryl methyl sites for hydroxylation is 1. The molecule has 0 fully saturated rings. The van der Waals surface area contributed by atoms with Gasteiger partial charge in [-0.3, -0.25) is 5.10 Å². The van der Waals surface area contributed by atoms with Crippen molar-refractivity contribution in [1.29, 1.82) is 0 Å². The van der Waals surface area contributed by atoms with Gasteiger partial charge in [0.1, 0.15) is 5.69 Å². The van der Waals surface area contributed by atoms with E-state index in [1.165, 1.54) is 51.4 Å². The van der Waals surface area contributed by atoms with Gasteiger partial charge in [0.2, 0.25) is 0 Å². The van der Waals surface area contributed by atoms with Crippen molar-refractivity contribution in [2.24, 2.45) is 0 Å². The fourth-order valence-electron chi connectivity index (χ4n) is 4.06. The Morgan fingerprint density at radius 3 is 1.75 bits per heavy atom. The van der Waals surface area contributed by atoms with E-state index in [9.17, 15) is 9.90 Å². The number of nitrogens with one attached hydrogen (secondary N) is 1. The molecule has 2 aromatic rings. The largest absolute Gasteiger partial charge is 0.543 e. The lowest BCUT2D eigenvalue weighted by atomic mass is 10.0. The number of hydrogen-bond donors (Lipinski definition) is 1. The predicted octanol–water partition coefficient (Wildman–Crippen LogP) is 6.35. The Morgan fingerprint density at radius 2 is 1.34 bits per heavy atom. The molecule has 0 atom stereocenters. The third-order valence-electron chi connectivity index (χ3n) is 6.10. The highest BCUT2D eigenvalue weighted by molar-refractivity contribution is 7.75. The second kappa shape index (κ2) is 16.0. The summed E-state index contributed by atoms with van der Waals surface area (Å²) in [6.07, 6.45) is 17.9. The number of carboxylic acids is 1. The summed E-state index contributed by atoms with van der Waals surface area (Å²) >= 11 is 0. The maximum Gasteiger partial charge on any atom is 0.136 e. The smallest absolute Gasteiger partial charge is 0.136 e. The molecule has 0 amide bonds. The van der Waals surface area contributed by atoms with Crippen molar-refractivity contribution in [2.75, 3.05) is 24.6 Å². The van der Waals surface area contributed by atoms with Crippen LogP contribution in [0, 0.1) is 6.92 Å². The zero-order valence-corrected chi connectivity index (χ0v) is 21.8. The molecule has 0 radical (unpaired) electrons. The van der Waals surface area contributed by atoms with Crippen molar-refractivity contribution in [3.63, 3.8) is 0 Å². The van der Waals surface area contributed by atoms with Gasteiger partial charge in [-0.05, 0) is 38.2 Å². The number of carbonyl (C=O) groups is 1. The van der Waals surface area contributed by atoms with E-state index in [-0.39, 0.29) is 5.69 Å². The highest BCUT2D eigenvalue weighted by Crippen LogP contribution is 2.61. The zero-order chi connectivity index (χ0) is 23.8. The van der Waals surface area contributed by atoms with Gasteiger partial charge < -0.3 is 9.90 Å². The van der Waals surface area contributed by atoms with Crippen molar-refractivity contribution < 1.29 is 9.90 Å². The fourth-order valence-corrected chi connectivity index (χ4v) is 9.35. The fraction of sp³-hybridized carbons (Fsp3) is 0.654. The van der Waals surface area contributed by atoms with E-state index in [2.05, 4.69) is 43.1 Å². The van der Waals surface area contributed by atoms with Crippen LogP contribution in [-0.4, -0.2) is 46.0 Å². The molecule has 1 aromatic carbocycles. The Labute approximate surface area is 196 Å². The van der Waals surface area contributed by atoms with Crippen LogP contribution in [0.4, 0.5) is 0 Å². The van der Waals surface area contributed by atoms with E-state index in [0.717, 1.165) is 11.1 Å². The van der Waals surface area contributed by atoms with Crippen LogP contribution in [0.15, 0.2) is 24.3 Å². The number of aromatic nitrogens is 3. The SMILES string of the molecule is CCCC[P+](CCCC)(CCCC)CCCC.Cc1ccccc1-c1[nH]nnc1C(=O)[O-]. The van der Waals surface area contributed by atoms with Gasteiger partial charge in [0.15, 0.2) is 0 Å². The molecule has 1 N–H and O–H groups in total. The minimum absolute atomic E-state index is 0.163. The Bertz CT molecular complexity index is 738. The van der Waals surface area contributed by atoms with Crippen molar-refractivity contribution in [2.45, 2.75) is 86.0 Å². The van der Waals surface area contributed by atoms with E-state index < -0.39 is 13.2 Å². The topological polar surface area (TPSA) is 81.7 Å². The monoisotopic (exact) mass is 461 g/mol. The molecule has 0 saturated heterocycles. The molecule has 0 saturated carbocycles. The van der Waals surface area contributed by atoms with Crippen LogP contribution in [0.25, 0.3) is 11.3 Å². The Balaban J connectivity index is 0.000000321. The summed E-state index contributed by atoms with van der Waals surface area (Å²) in [6, 6.07) is 7.38. The van der Waals surface area contributed by atoms with Crippen LogP contribution in [0.3, 0.4) is 0 Å². The zero-order valence-electron chi connectivity index (χ0n) is 21.0. The van der Waals surface area contributed by atoms with Crippen LogP contribution < -0.4 is 5.11 Å². The number of H-pyrrole nitrogens is 1. The van der Waals surface area contributed by atoms with Crippen molar-refractivity contribution in [1.82, 2.24) is 15.4 Å². The standard InChI is InChI=1S/C16H36P.C10H9N3O2/c1-5-9-13-17(14-10-6-2,15-11-7-3)16-12-8-4;1-6-4-2-3-5-7(6)8-9(10(14)15)12-13-11-8/h5-16H2,1-4H3;2-5H,1H3,(H,14,15)(H,11,12,13)/q+1;/p-1. The first-order valence-corrected chi connectivity index (χ1v) is 15.0. The van der Waals surface area contributed by atoms with Crippen LogP contribution in [0.1, 0.15) is 95.1 Å². The number of aromatic amines is 1. The summed E-state index contributed by atoms with van der Waals surface area (Å²) in [6.45, 7) is 11.3. The highest BCUT2D eigenvalue weighted by atomic mass is 31.2. The summed E-state index contributed by atoms with van der Waals surface area (Å²) in [7, 11) is -0.562. The van der Waals surface area contributed by atoms with Crippen LogP contribution in [-0.2, 0) is 0 Å². The summed E-state index contributed by atoms with van der Waals surface area (Å²) in [5, 5.41) is 20.2. The maximum absolute atomic E-state index is 10.7. The predicted molar refractivity (Wildman–Crippen MR) is 137 cm³/mol. The number of aromatic carboxylic acids is 1. The Hall–Kier alpha value is -1.74. The normalized spacial score (nSPS) is 11.2. The van der Waals surface area contributed by atoms with Gasteiger partial charge in [-0.1, -0.05) is 82.9 Å². The maximum atomic E-state index is 10.7. The Morgan fingerprint density at radius 1 is 0.875 bits per heavy atom. The molecule has 0 aliphatic rings. The van der Waals surface area contributed by atoms with E-state index in [0.29, 0.717) is 5.69 Å². The van der Waals surface area contributed by atoms with Gasteiger partial charge >= 0.3 is 0 Å². The molecule has 2 rings (SSSR count). The Kier molecular flexibility index (Phi) is 14.1. The second-order valence-electron chi connectivity index (χ2n) is 8.79. The first-order chi connectivity index (χ1) is 15.4. The molecule has 32 heavy (non-hydrogen) atoms. The average molecular weight is 462 g/mol. The van der Waals surface area contributed by atoms with Gasteiger partial charge in [0, 0.05) is 12.8 Å². The lowest BCUT2D eigenvalue weighted by Gasteiger charge is -2.28. The van der Waals surface area contributed by atoms with Gasteiger partial charge in [-0.25, -0.2) is 0 Å². The summed E-state index contributed by atoms with van der Waals surface area (Å²) < 4.78 is 0. The second-order valence-corrected chi connectivity index (χ2v) is 13.3.